The average Bonchev–Trinajstić information content (AvgIpc) is 2.88. The van der Waals surface area contributed by atoms with Crippen molar-refractivity contribution >= 4 is 16.0 Å². The van der Waals surface area contributed by atoms with E-state index in [2.05, 4.69) is 18.8 Å². The third kappa shape index (κ3) is 3.29. The summed E-state index contributed by atoms with van der Waals surface area (Å²) in [6.45, 7) is 4.39. The summed E-state index contributed by atoms with van der Waals surface area (Å²) in [4.78, 5) is 13.3. The Balaban J connectivity index is 2.17. The number of aromatic amines is 1. The molecule has 0 saturated heterocycles. The zero-order chi connectivity index (χ0) is 15.8. The smallest absolute Gasteiger partial charge is 0.352 e. The zero-order valence-electron chi connectivity index (χ0n) is 12.6. The standard InChI is InChI=1S/C14H22N2O4S/c1-14(2)6-4-10(5-7-14)16(3)21(19,20)11-8-12(13(17)18)15-9-11/h8-10,15H,4-7H2,1-3H3,(H,17,18). The van der Waals surface area contributed by atoms with Gasteiger partial charge in [-0.05, 0) is 37.2 Å². The first-order valence-corrected chi connectivity index (χ1v) is 8.47. The molecule has 0 aromatic carbocycles. The Kier molecular flexibility index (Phi) is 4.17. The molecule has 1 aliphatic carbocycles. The topological polar surface area (TPSA) is 90.5 Å². The number of sulfonamides is 1. The van der Waals surface area contributed by atoms with E-state index in [1.807, 2.05) is 0 Å². The fourth-order valence-corrected chi connectivity index (χ4v) is 4.17. The van der Waals surface area contributed by atoms with Crippen molar-refractivity contribution in [2.45, 2.75) is 50.5 Å². The van der Waals surface area contributed by atoms with Crippen LogP contribution in [-0.4, -0.2) is 41.9 Å². The molecule has 118 valence electrons. The van der Waals surface area contributed by atoms with Crippen molar-refractivity contribution in [2.75, 3.05) is 7.05 Å². The first-order chi connectivity index (χ1) is 9.63. The minimum absolute atomic E-state index is 0.00670. The molecule has 1 aromatic rings. The zero-order valence-corrected chi connectivity index (χ0v) is 13.4. The summed E-state index contributed by atoms with van der Waals surface area (Å²) in [6.07, 6.45) is 4.88. The molecule has 0 spiro atoms. The van der Waals surface area contributed by atoms with Gasteiger partial charge in [0.15, 0.2) is 0 Å². The van der Waals surface area contributed by atoms with Gasteiger partial charge in [-0.25, -0.2) is 13.2 Å². The highest BCUT2D eigenvalue weighted by atomic mass is 32.2. The van der Waals surface area contributed by atoms with E-state index in [0.29, 0.717) is 0 Å². The van der Waals surface area contributed by atoms with Crippen LogP contribution in [0.5, 0.6) is 0 Å². The van der Waals surface area contributed by atoms with E-state index in [1.165, 1.54) is 16.6 Å². The fourth-order valence-electron chi connectivity index (χ4n) is 2.76. The van der Waals surface area contributed by atoms with E-state index < -0.39 is 16.0 Å². The molecule has 0 aliphatic heterocycles. The van der Waals surface area contributed by atoms with Gasteiger partial charge in [0.25, 0.3) is 0 Å². The third-order valence-electron chi connectivity index (χ3n) is 4.39. The molecule has 2 rings (SSSR count). The molecule has 6 nitrogen and oxygen atoms in total. The number of nitrogens with zero attached hydrogens (tertiary/aromatic N) is 1. The number of hydrogen-bond donors (Lipinski definition) is 2. The maximum atomic E-state index is 12.5. The number of H-pyrrole nitrogens is 1. The summed E-state index contributed by atoms with van der Waals surface area (Å²) < 4.78 is 26.5. The van der Waals surface area contributed by atoms with Crippen LogP contribution in [-0.2, 0) is 10.0 Å². The van der Waals surface area contributed by atoms with Crippen LogP contribution >= 0.6 is 0 Å². The third-order valence-corrected chi connectivity index (χ3v) is 6.27. The second-order valence-electron chi connectivity index (χ2n) is 6.47. The number of carboxylic acids is 1. The molecular weight excluding hydrogens is 292 g/mol. The van der Waals surface area contributed by atoms with Crippen LogP contribution in [0.25, 0.3) is 0 Å². The van der Waals surface area contributed by atoms with Crippen LogP contribution in [0, 0.1) is 5.41 Å². The van der Waals surface area contributed by atoms with Crippen molar-refractivity contribution in [2.24, 2.45) is 5.41 Å². The highest BCUT2D eigenvalue weighted by molar-refractivity contribution is 7.89. The van der Waals surface area contributed by atoms with Crippen molar-refractivity contribution in [3.05, 3.63) is 18.0 Å². The first kappa shape index (κ1) is 16.0. The lowest BCUT2D eigenvalue weighted by Crippen LogP contribution is -2.40. The van der Waals surface area contributed by atoms with Crippen LogP contribution < -0.4 is 0 Å². The lowest BCUT2D eigenvalue weighted by Gasteiger charge is -2.37. The van der Waals surface area contributed by atoms with Gasteiger partial charge in [-0.15, -0.1) is 0 Å². The summed E-state index contributed by atoms with van der Waals surface area (Å²) in [5, 5.41) is 8.87. The molecule has 1 heterocycles. The van der Waals surface area contributed by atoms with E-state index in [4.69, 9.17) is 5.11 Å². The molecule has 0 atom stereocenters. The predicted octanol–water partition coefficient (Wildman–Crippen LogP) is 2.30. The normalized spacial score (nSPS) is 19.8. The van der Waals surface area contributed by atoms with Crippen molar-refractivity contribution in [3.63, 3.8) is 0 Å². The van der Waals surface area contributed by atoms with Gasteiger partial charge in [0, 0.05) is 19.3 Å². The van der Waals surface area contributed by atoms with Crippen molar-refractivity contribution in [1.82, 2.24) is 9.29 Å². The van der Waals surface area contributed by atoms with Crippen LogP contribution in [0.3, 0.4) is 0 Å². The number of rotatable bonds is 4. The van der Waals surface area contributed by atoms with Gasteiger partial charge < -0.3 is 10.1 Å². The maximum absolute atomic E-state index is 12.5. The summed E-state index contributed by atoms with van der Waals surface area (Å²) in [5.74, 6) is -1.17. The monoisotopic (exact) mass is 314 g/mol. The van der Waals surface area contributed by atoms with E-state index in [0.717, 1.165) is 25.7 Å². The Bertz CT molecular complexity index is 623. The van der Waals surface area contributed by atoms with Gasteiger partial charge in [0.2, 0.25) is 10.0 Å². The van der Waals surface area contributed by atoms with Crippen molar-refractivity contribution in [1.29, 1.82) is 0 Å². The average molecular weight is 314 g/mol. The summed E-state index contributed by atoms with van der Waals surface area (Å²) in [5.41, 5.74) is 0.151. The molecule has 0 unspecified atom stereocenters. The molecule has 1 aliphatic rings. The first-order valence-electron chi connectivity index (χ1n) is 7.03. The lowest BCUT2D eigenvalue weighted by atomic mass is 9.76. The van der Waals surface area contributed by atoms with Gasteiger partial charge in [-0.2, -0.15) is 4.31 Å². The second-order valence-corrected chi connectivity index (χ2v) is 8.47. The molecule has 7 heteroatoms. The van der Waals surface area contributed by atoms with Crippen LogP contribution in [0.1, 0.15) is 50.0 Å². The molecular formula is C14H22N2O4S. The Morgan fingerprint density at radius 2 is 1.95 bits per heavy atom. The molecule has 0 amide bonds. The van der Waals surface area contributed by atoms with Crippen molar-refractivity contribution < 1.29 is 18.3 Å². The predicted molar refractivity (Wildman–Crippen MR) is 78.7 cm³/mol. The number of aromatic nitrogens is 1. The molecule has 21 heavy (non-hydrogen) atoms. The Morgan fingerprint density at radius 1 is 1.38 bits per heavy atom. The van der Waals surface area contributed by atoms with Crippen LogP contribution in [0.4, 0.5) is 0 Å². The number of aromatic carboxylic acids is 1. The molecule has 0 bridgehead atoms. The second kappa shape index (κ2) is 5.46. The van der Waals surface area contributed by atoms with Gasteiger partial charge in [0.05, 0.1) is 0 Å². The summed E-state index contributed by atoms with van der Waals surface area (Å²) in [7, 11) is -2.07. The Labute approximate surface area is 125 Å². The van der Waals surface area contributed by atoms with Crippen molar-refractivity contribution in [3.8, 4) is 0 Å². The van der Waals surface area contributed by atoms with Gasteiger partial charge in [0.1, 0.15) is 10.6 Å². The molecule has 2 N–H and O–H groups in total. The number of nitrogens with one attached hydrogen (secondary N) is 1. The molecule has 1 fully saturated rings. The van der Waals surface area contributed by atoms with E-state index in [-0.39, 0.29) is 22.0 Å². The minimum Gasteiger partial charge on any atom is -0.477 e. The quantitative estimate of drug-likeness (QED) is 0.892. The molecule has 1 saturated carbocycles. The van der Waals surface area contributed by atoms with Crippen LogP contribution in [0.15, 0.2) is 17.2 Å². The number of carbonyl (C=O) groups is 1. The van der Waals surface area contributed by atoms with Gasteiger partial charge in [-0.1, -0.05) is 13.8 Å². The van der Waals surface area contributed by atoms with Gasteiger partial charge >= 0.3 is 5.97 Å². The highest BCUT2D eigenvalue weighted by Gasteiger charge is 2.34. The number of hydrogen-bond acceptors (Lipinski definition) is 3. The SMILES string of the molecule is CN(C1CCC(C)(C)CC1)S(=O)(=O)c1c[nH]c(C(=O)O)c1. The maximum Gasteiger partial charge on any atom is 0.352 e. The Hall–Kier alpha value is -1.34. The van der Waals surface area contributed by atoms with E-state index in [9.17, 15) is 13.2 Å². The Morgan fingerprint density at radius 3 is 2.43 bits per heavy atom. The molecule has 1 aromatic heterocycles. The summed E-state index contributed by atoms with van der Waals surface area (Å²) >= 11 is 0. The summed E-state index contributed by atoms with van der Waals surface area (Å²) in [6, 6.07) is 1.15. The van der Waals surface area contributed by atoms with Crippen LogP contribution in [0.2, 0.25) is 0 Å². The fraction of sp³-hybridized carbons (Fsp3) is 0.643. The van der Waals surface area contributed by atoms with E-state index >= 15 is 0 Å². The lowest BCUT2D eigenvalue weighted by molar-refractivity contribution is 0.0691. The molecule has 0 radical (unpaired) electrons. The number of carboxylic acid groups (broad SMARTS) is 1. The highest BCUT2D eigenvalue weighted by Crippen LogP contribution is 2.37. The minimum atomic E-state index is -3.65. The van der Waals surface area contributed by atoms with Gasteiger partial charge in [-0.3, -0.25) is 0 Å². The largest absolute Gasteiger partial charge is 0.477 e. The van der Waals surface area contributed by atoms with E-state index in [1.54, 1.807) is 7.05 Å².